The number of thioether (sulfide) groups is 1. The molecule has 6 nitrogen and oxygen atoms in total. The number of carbonyl (C=O) groups is 2. The molecule has 0 aromatic rings. The van der Waals surface area contributed by atoms with Gasteiger partial charge in [-0.2, -0.15) is 0 Å². The van der Waals surface area contributed by atoms with Crippen LogP contribution in [0.3, 0.4) is 0 Å². The van der Waals surface area contributed by atoms with E-state index < -0.39 is 6.04 Å². The van der Waals surface area contributed by atoms with Crippen LogP contribution in [0.5, 0.6) is 0 Å². The Bertz CT molecular complexity index is 295. The Morgan fingerprint density at radius 1 is 1.47 bits per heavy atom. The second-order valence-corrected chi connectivity index (χ2v) is 5.50. The quantitative estimate of drug-likeness (QED) is 0.497. The first-order chi connectivity index (χ1) is 9.15. The van der Waals surface area contributed by atoms with Gasteiger partial charge < -0.3 is 20.5 Å². The highest BCUT2D eigenvalue weighted by atomic mass is 32.2. The lowest BCUT2D eigenvalue weighted by Gasteiger charge is -2.26. The predicted molar refractivity (Wildman–Crippen MR) is 73.9 cm³/mol. The largest absolute Gasteiger partial charge is 0.468 e. The summed E-state index contributed by atoms with van der Waals surface area (Å²) in [5.41, 5.74) is 5.93. The summed E-state index contributed by atoms with van der Waals surface area (Å²) >= 11 is 1.43. The summed E-state index contributed by atoms with van der Waals surface area (Å²) in [7, 11) is 1.36. The van der Waals surface area contributed by atoms with Crippen LogP contribution < -0.4 is 11.1 Å². The highest BCUT2D eigenvalue weighted by molar-refractivity contribution is 7.99. The maximum Gasteiger partial charge on any atom is 0.315 e. The molecule has 1 saturated heterocycles. The van der Waals surface area contributed by atoms with E-state index in [0.29, 0.717) is 31.3 Å². The van der Waals surface area contributed by atoms with Crippen molar-refractivity contribution >= 4 is 23.6 Å². The van der Waals surface area contributed by atoms with Crippen LogP contribution in [0.2, 0.25) is 0 Å². The summed E-state index contributed by atoms with van der Waals surface area (Å²) in [6.07, 6.45) is 1.68. The summed E-state index contributed by atoms with van der Waals surface area (Å²) in [5.74, 6) is 0.803. The molecule has 0 aromatic heterocycles. The normalized spacial score (nSPS) is 17.8. The molecule has 0 spiro atoms. The smallest absolute Gasteiger partial charge is 0.315 e. The van der Waals surface area contributed by atoms with Crippen molar-refractivity contribution in [3.05, 3.63) is 0 Å². The molecule has 1 rings (SSSR count). The van der Waals surface area contributed by atoms with Gasteiger partial charge in [0, 0.05) is 25.5 Å². The van der Waals surface area contributed by atoms with Crippen molar-refractivity contribution in [1.82, 2.24) is 5.32 Å². The van der Waals surface area contributed by atoms with Gasteiger partial charge in [-0.25, -0.2) is 0 Å². The average Bonchev–Trinajstić information content (AvgIpc) is 2.46. The van der Waals surface area contributed by atoms with Gasteiger partial charge in [-0.1, -0.05) is 0 Å². The molecule has 3 N–H and O–H groups in total. The zero-order valence-electron chi connectivity index (χ0n) is 11.2. The van der Waals surface area contributed by atoms with Gasteiger partial charge in [0.2, 0.25) is 5.91 Å². The number of hydrogen-bond acceptors (Lipinski definition) is 6. The van der Waals surface area contributed by atoms with E-state index >= 15 is 0 Å². The van der Waals surface area contributed by atoms with Crippen LogP contribution in [0, 0.1) is 5.92 Å². The Balaban J connectivity index is 2.11. The average molecular weight is 290 g/mol. The topological polar surface area (TPSA) is 90.7 Å². The Labute approximate surface area is 117 Å². The molecule has 110 valence electrons. The molecule has 1 heterocycles. The van der Waals surface area contributed by atoms with E-state index in [1.807, 2.05) is 0 Å². The standard InChI is InChI=1S/C12H22N2O4S/c1-17-10(15)8-19-7-4-14-12(16)11(13)9-2-5-18-6-3-9/h9,11H,2-8,13H2,1H3,(H,14,16). The molecule has 1 atom stereocenters. The minimum atomic E-state index is -0.463. The maximum atomic E-state index is 11.8. The molecule has 0 radical (unpaired) electrons. The number of nitrogens with one attached hydrogen (secondary N) is 1. The van der Waals surface area contributed by atoms with Gasteiger partial charge in [-0.3, -0.25) is 9.59 Å². The molecular weight excluding hydrogens is 268 g/mol. The van der Waals surface area contributed by atoms with Crippen LogP contribution in [0.15, 0.2) is 0 Å². The summed E-state index contributed by atoms with van der Waals surface area (Å²) in [4.78, 5) is 22.7. The van der Waals surface area contributed by atoms with E-state index in [2.05, 4.69) is 10.1 Å². The van der Waals surface area contributed by atoms with Crippen molar-refractivity contribution < 1.29 is 19.1 Å². The highest BCUT2D eigenvalue weighted by Crippen LogP contribution is 2.17. The molecule has 1 unspecified atom stereocenters. The first kappa shape index (κ1) is 16.3. The third-order valence-corrected chi connectivity index (χ3v) is 4.00. The zero-order chi connectivity index (χ0) is 14.1. The lowest BCUT2D eigenvalue weighted by molar-refractivity contribution is -0.137. The van der Waals surface area contributed by atoms with Gasteiger partial charge in [-0.15, -0.1) is 11.8 Å². The van der Waals surface area contributed by atoms with E-state index in [4.69, 9.17) is 10.5 Å². The van der Waals surface area contributed by atoms with E-state index in [1.54, 1.807) is 0 Å². The van der Waals surface area contributed by atoms with Gasteiger partial charge >= 0.3 is 5.97 Å². The fourth-order valence-electron chi connectivity index (χ4n) is 1.87. The van der Waals surface area contributed by atoms with Crippen LogP contribution in [0.4, 0.5) is 0 Å². The van der Waals surface area contributed by atoms with E-state index in [0.717, 1.165) is 12.8 Å². The number of carbonyl (C=O) groups excluding carboxylic acids is 2. The lowest BCUT2D eigenvalue weighted by Crippen LogP contribution is -2.47. The Kier molecular flexibility index (Phi) is 7.85. The number of hydrogen-bond donors (Lipinski definition) is 2. The lowest BCUT2D eigenvalue weighted by atomic mass is 9.92. The zero-order valence-corrected chi connectivity index (χ0v) is 12.0. The van der Waals surface area contributed by atoms with Gasteiger partial charge in [0.05, 0.1) is 18.9 Å². The summed E-state index contributed by atoms with van der Waals surface area (Å²) in [6.45, 7) is 1.87. The van der Waals surface area contributed by atoms with Crippen LogP contribution in [-0.2, 0) is 19.1 Å². The van der Waals surface area contributed by atoms with Crippen molar-refractivity contribution in [2.24, 2.45) is 11.7 Å². The number of ether oxygens (including phenoxy) is 2. The first-order valence-electron chi connectivity index (χ1n) is 6.40. The number of rotatable bonds is 7. The van der Waals surface area contributed by atoms with Crippen molar-refractivity contribution in [1.29, 1.82) is 0 Å². The van der Waals surface area contributed by atoms with Crippen LogP contribution in [0.1, 0.15) is 12.8 Å². The summed E-state index contributed by atoms with van der Waals surface area (Å²) in [6, 6.07) is -0.463. The molecule has 7 heteroatoms. The molecular formula is C12H22N2O4S. The van der Waals surface area contributed by atoms with E-state index in [-0.39, 0.29) is 17.8 Å². The number of nitrogens with two attached hydrogens (primary N) is 1. The van der Waals surface area contributed by atoms with E-state index in [9.17, 15) is 9.59 Å². The molecule has 19 heavy (non-hydrogen) atoms. The number of amides is 1. The first-order valence-corrected chi connectivity index (χ1v) is 7.56. The predicted octanol–water partition coefficient (Wildman–Crippen LogP) is -0.237. The Hall–Kier alpha value is -0.790. The van der Waals surface area contributed by atoms with E-state index in [1.165, 1.54) is 18.9 Å². The van der Waals surface area contributed by atoms with Gasteiger partial charge in [0.1, 0.15) is 0 Å². The molecule has 0 aliphatic carbocycles. The van der Waals surface area contributed by atoms with Crippen molar-refractivity contribution in [3.63, 3.8) is 0 Å². The van der Waals surface area contributed by atoms with Crippen LogP contribution in [0.25, 0.3) is 0 Å². The maximum absolute atomic E-state index is 11.8. The molecule has 1 aliphatic rings. The third-order valence-electron chi connectivity index (χ3n) is 3.07. The molecule has 0 aromatic carbocycles. The molecule has 1 aliphatic heterocycles. The van der Waals surface area contributed by atoms with Crippen LogP contribution in [-0.4, -0.2) is 56.3 Å². The monoisotopic (exact) mass is 290 g/mol. The van der Waals surface area contributed by atoms with Crippen molar-refractivity contribution in [2.75, 3.05) is 38.4 Å². The molecule has 1 amide bonds. The summed E-state index contributed by atoms with van der Waals surface area (Å²) < 4.78 is 9.76. The number of esters is 1. The van der Waals surface area contributed by atoms with Gasteiger partial charge in [0.25, 0.3) is 0 Å². The van der Waals surface area contributed by atoms with Gasteiger partial charge in [-0.05, 0) is 18.8 Å². The fraction of sp³-hybridized carbons (Fsp3) is 0.833. The molecule has 0 saturated carbocycles. The molecule has 1 fully saturated rings. The second kappa shape index (κ2) is 9.17. The highest BCUT2D eigenvalue weighted by Gasteiger charge is 2.26. The third kappa shape index (κ3) is 6.26. The van der Waals surface area contributed by atoms with Gasteiger partial charge in [0.15, 0.2) is 0 Å². The minimum Gasteiger partial charge on any atom is -0.468 e. The molecule has 0 bridgehead atoms. The minimum absolute atomic E-state index is 0.120. The second-order valence-electron chi connectivity index (χ2n) is 4.40. The summed E-state index contributed by atoms with van der Waals surface area (Å²) in [5, 5.41) is 2.79. The fourth-order valence-corrected chi connectivity index (χ4v) is 2.54. The van der Waals surface area contributed by atoms with Crippen LogP contribution >= 0.6 is 11.8 Å². The SMILES string of the molecule is COC(=O)CSCCNC(=O)C(N)C1CCOCC1. The Morgan fingerprint density at radius 3 is 2.79 bits per heavy atom. The number of methoxy groups -OCH3 is 1. The van der Waals surface area contributed by atoms with Crippen molar-refractivity contribution in [2.45, 2.75) is 18.9 Å². The van der Waals surface area contributed by atoms with Crippen molar-refractivity contribution in [3.8, 4) is 0 Å². The Morgan fingerprint density at radius 2 is 2.16 bits per heavy atom.